The molecule has 0 aliphatic carbocycles. The van der Waals surface area contributed by atoms with Crippen LogP contribution in [0.25, 0.3) is 5.69 Å². The second kappa shape index (κ2) is 8.61. The molecular weight excluding hydrogens is 432 g/mol. The van der Waals surface area contributed by atoms with Crippen LogP contribution in [0.3, 0.4) is 0 Å². The fraction of sp³-hybridized carbons (Fsp3) is 0.227. The molecule has 1 aliphatic rings. The molecule has 1 saturated heterocycles. The third-order valence-corrected chi connectivity index (χ3v) is 5.63. The monoisotopic (exact) mass is 452 g/mol. The summed E-state index contributed by atoms with van der Waals surface area (Å²) in [6.45, 7) is 1.15. The normalized spacial score (nSPS) is 14.6. The molecule has 148 valence electrons. The molecule has 0 bridgehead atoms. The van der Waals surface area contributed by atoms with Crippen LogP contribution in [0.2, 0.25) is 0 Å². The first-order valence-corrected chi connectivity index (χ1v) is 10.4. The van der Waals surface area contributed by atoms with Gasteiger partial charge in [-0.3, -0.25) is 9.59 Å². The van der Waals surface area contributed by atoms with Crippen LogP contribution in [0, 0.1) is 5.92 Å². The Kier molecular flexibility index (Phi) is 5.76. The number of para-hydroxylation sites is 1. The predicted molar refractivity (Wildman–Crippen MR) is 115 cm³/mol. The van der Waals surface area contributed by atoms with Gasteiger partial charge in [-0.1, -0.05) is 34.1 Å². The van der Waals surface area contributed by atoms with Crippen molar-refractivity contribution in [2.24, 2.45) is 5.92 Å². The van der Waals surface area contributed by atoms with E-state index in [4.69, 9.17) is 0 Å². The molecule has 2 aromatic carbocycles. The number of aromatic nitrogens is 2. The van der Waals surface area contributed by atoms with Crippen molar-refractivity contribution in [1.82, 2.24) is 14.7 Å². The Morgan fingerprint density at radius 1 is 0.966 bits per heavy atom. The Bertz CT molecular complexity index is 993. The van der Waals surface area contributed by atoms with Gasteiger partial charge in [0.25, 0.3) is 5.91 Å². The molecule has 0 atom stereocenters. The number of nitrogens with one attached hydrogen (secondary N) is 1. The summed E-state index contributed by atoms with van der Waals surface area (Å²) in [4.78, 5) is 27.1. The van der Waals surface area contributed by atoms with Crippen molar-refractivity contribution >= 4 is 33.6 Å². The maximum absolute atomic E-state index is 12.6. The molecule has 2 amide bonds. The minimum Gasteiger partial charge on any atom is -0.339 e. The number of piperidine rings is 1. The lowest BCUT2D eigenvalue weighted by molar-refractivity contribution is -0.121. The zero-order valence-corrected chi connectivity index (χ0v) is 17.4. The minimum atomic E-state index is -0.120. The maximum atomic E-state index is 12.6. The van der Waals surface area contributed by atoms with Gasteiger partial charge in [-0.25, -0.2) is 4.68 Å². The topological polar surface area (TPSA) is 67.2 Å². The van der Waals surface area contributed by atoms with Crippen LogP contribution in [0.15, 0.2) is 71.3 Å². The molecule has 4 rings (SSSR count). The Morgan fingerprint density at radius 3 is 2.34 bits per heavy atom. The molecule has 0 unspecified atom stereocenters. The number of benzene rings is 2. The average Bonchev–Trinajstić information content (AvgIpc) is 3.23. The zero-order valence-electron chi connectivity index (χ0n) is 15.8. The Morgan fingerprint density at radius 2 is 1.66 bits per heavy atom. The zero-order chi connectivity index (χ0) is 20.2. The van der Waals surface area contributed by atoms with Gasteiger partial charge in [0, 0.05) is 41.3 Å². The van der Waals surface area contributed by atoms with Gasteiger partial charge in [-0.2, -0.15) is 5.10 Å². The van der Waals surface area contributed by atoms with Crippen LogP contribution in [0.1, 0.15) is 23.2 Å². The lowest BCUT2D eigenvalue weighted by Gasteiger charge is -2.31. The molecule has 1 N–H and O–H groups in total. The number of likely N-dealkylation sites (tertiary alicyclic amines) is 1. The van der Waals surface area contributed by atoms with Crippen molar-refractivity contribution < 1.29 is 9.59 Å². The highest BCUT2D eigenvalue weighted by molar-refractivity contribution is 9.10. The molecule has 2 heterocycles. The molecule has 7 heteroatoms. The van der Waals surface area contributed by atoms with Gasteiger partial charge < -0.3 is 10.2 Å². The van der Waals surface area contributed by atoms with Gasteiger partial charge in [0.05, 0.1) is 5.69 Å². The first kappa shape index (κ1) is 19.4. The molecular formula is C22H21BrN4O2. The van der Waals surface area contributed by atoms with Crippen LogP contribution in [-0.2, 0) is 4.79 Å². The second-order valence-corrected chi connectivity index (χ2v) is 7.96. The van der Waals surface area contributed by atoms with E-state index in [9.17, 15) is 9.59 Å². The van der Waals surface area contributed by atoms with Gasteiger partial charge in [0.15, 0.2) is 5.82 Å². The maximum Gasteiger partial charge on any atom is 0.253 e. The van der Waals surface area contributed by atoms with E-state index in [1.165, 1.54) is 0 Å². The number of hydrogen-bond donors (Lipinski definition) is 1. The number of amides is 2. The fourth-order valence-corrected chi connectivity index (χ4v) is 3.73. The minimum absolute atomic E-state index is 0.0120. The Hall–Kier alpha value is -2.93. The van der Waals surface area contributed by atoms with E-state index in [2.05, 4.69) is 26.3 Å². The lowest BCUT2D eigenvalue weighted by Crippen LogP contribution is -2.41. The summed E-state index contributed by atoms with van der Waals surface area (Å²) in [5.74, 6) is 0.384. The van der Waals surface area contributed by atoms with E-state index in [0.29, 0.717) is 37.3 Å². The highest BCUT2D eigenvalue weighted by Crippen LogP contribution is 2.21. The highest BCUT2D eigenvalue weighted by Gasteiger charge is 2.28. The summed E-state index contributed by atoms with van der Waals surface area (Å²) in [5, 5.41) is 7.33. The Balaban J connectivity index is 1.32. The third-order valence-electron chi connectivity index (χ3n) is 5.11. The van der Waals surface area contributed by atoms with Crippen LogP contribution in [0.4, 0.5) is 5.82 Å². The van der Waals surface area contributed by atoms with Gasteiger partial charge in [-0.05, 0) is 49.2 Å². The van der Waals surface area contributed by atoms with Gasteiger partial charge in [0.1, 0.15) is 0 Å². The Labute approximate surface area is 177 Å². The van der Waals surface area contributed by atoms with Crippen molar-refractivity contribution in [3.8, 4) is 5.69 Å². The fourth-order valence-electron chi connectivity index (χ4n) is 3.46. The molecule has 3 aromatic rings. The largest absolute Gasteiger partial charge is 0.339 e. The van der Waals surface area contributed by atoms with Crippen molar-refractivity contribution in [2.75, 3.05) is 18.4 Å². The first-order chi connectivity index (χ1) is 14.1. The molecule has 1 fully saturated rings. The number of rotatable bonds is 4. The van der Waals surface area contributed by atoms with Crippen molar-refractivity contribution in [3.63, 3.8) is 0 Å². The summed E-state index contributed by atoms with van der Waals surface area (Å²) in [6, 6.07) is 18.9. The van der Waals surface area contributed by atoms with Crippen molar-refractivity contribution in [2.45, 2.75) is 12.8 Å². The third kappa shape index (κ3) is 4.56. The van der Waals surface area contributed by atoms with Crippen LogP contribution in [-0.4, -0.2) is 39.6 Å². The number of halogens is 1. The molecule has 0 saturated carbocycles. The standard InChI is InChI=1S/C22H21BrN4O2/c23-18-8-6-17(7-9-18)22(29)26-13-10-16(11-14-26)21(28)24-20-12-15-27(25-20)19-4-2-1-3-5-19/h1-9,12,15-16H,10-11,13-14H2,(H,24,25,28). The van der Waals surface area contributed by atoms with Crippen LogP contribution >= 0.6 is 15.9 Å². The van der Waals surface area contributed by atoms with Crippen molar-refractivity contribution in [3.05, 3.63) is 76.9 Å². The molecule has 1 aromatic heterocycles. The summed E-state index contributed by atoms with van der Waals surface area (Å²) >= 11 is 3.38. The van der Waals surface area contributed by atoms with Gasteiger partial charge >= 0.3 is 0 Å². The number of nitrogens with zero attached hydrogens (tertiary/aromatic N) is 3. The molecule has 6 nitrogen and oxygen atoms in total. The summed E-state index contributed by atoms with van der Waals surface area (Å²) in [7, 11) is 0. The number of carbonyl (C=O) groups is 2. The SMILES string of the molecule is O=C(Nc1ccn(-c2ccccc2)n1)C1CCN(C(=O)c2ccc(Br)cc2)CC1. The number of carbonyl (C=O) groups excluding carboxylic acids is 2. The number of anilines is 1. The molecule has 0 radical (unpaired) electrons. The quantitative estimate of drug-likeness (QED) is 0.646. The molecule has 0 spiro atoms. The van der Waals surface area contributed by atoms with Crippen LogP contribution < -0.4 is 5.32 Å². The lowest BCUT2D eigenvalue weighted by atomic mass is 9.95. The van der Waals surface area contributed by atoms with Crippen molar-refractivity contribution in [1.29, 1.82) is 0 Å². The summed E-state index contributed by atoms with van der Waals surface area (Å²) in [6.07, 6.45) is 3.12. The first-order valence-electron chi connectivity index (χ1n) is 9.57. The second-order valence-electron chi connectivity index (χ2n) is 7.04. The number of hydrogen-bond acceptors (Lipinski definition) is 3. The molecule has 1 aliphatic heterocycles. The van der Waals surface area contributed by atoms with E-state index >= 15 is 0 Å². The predicted octanol–water partition coefficient (Wildman–Crippen LogP) is 4.13. The van der Waals surface area contributed by atoms with Gasteiger partial charge in [0.2, 0.25) is 5.91 Å². The highest BCUT2D eigenvalue weighted by atomic mass is 79.9. The van der Waals surface area contributed by atoms with Gasteiger partial charge in [-0.15, -0.1) is 0 Å². The average molecular weight is 453 g/mol. The van der Waals surface area contributed by atoms with Crippen LogP contribution in [0.5, 0.6) is 0 Å². The smallest absolute Gasteiger partial charge is 0.253 e. The van der Waals surface area contributed by atoms with E-state index in [1.54, 1.807) is 10.7 Å². The molecule has 29 heavy (non-hydrogen) atoms. The van der Waals surface area contributed by atoms with E-state index in [0.717, 1.165) is 10.2 Å². The van der Waals surface area contributed by atoms with E-state index in [-0.39, 0.29) is 17.7 Å². The summed E-state index contributed by atoms with van der Waals surface area (Å²) in [5.41, 5.74) is 1.61. The summed E-state index contributed by atoms with van der Waals surface area (Å²) < 4.78 is 2.67. The van der Waals surface area contributed by atoms with E-state index < -0.39 is 0 Å². The van der Waals surface area contributed by atoms with E-state index in [1.807, 2.05) is 65.7 Å².